The van der Waals surface area contributed by atoms with Crippen molar-refractivity contribution in [2.24, 2.45) is 5.92 Å². The summed E-state index contributed by atoms with van der Waals surface area (Å²) in [7, 11) is 0. The SMILES string of the molecule is CC(C)CNC(=O)C(C)N(Cc1cccc(Cl)c1)C(=O)CSCc1c(F)cccc1Cl. The quantitative estimate of drug-likeness (QED) is 0.480. The molecule has 8 heteroatoms. The summed E-state index contributed by atoms with van der Waals surface area (Å²) in [4.78, 5) is 27.2. The summed E-state index contributed by atoms with van der Waals surface area (Å²) in [6, 6.07) is 11.0. The van der Waals surface area contributed by atoms with Crippen LogP contribution in [-0.2, 0) is 21.9 Å². The number of thioether (sulfide) groups is 1. The molecule has 0 aliphatic carbocycles. The van der Waals surface area contributed by atoms with Crippen LogP contribution in [0.3, 0.4) is 0 Å². The number of nitrogens with one attached hydrogen (secondary N) is 1. The van der Waals surface area contributed by atoms with E-state index in [0.29, 0.717) is 28.1 Å². The van der Waals surface area contributed by atoms with E-state index < -0.39 is 11.9 Å². The molecule has 0 aliphatic heterocycles. The molecule has 2 aromatic rings. The minimum Gasteiger partial charge on any atom is -0.354 e. The zero-order valence-corrected chi connectivity index (χ0v) is 20.2. The van der Waals surface area contributed by atoms with Gasteiger partial charge in [0.25, 0.3) is 0 Å². The second-order valence-electron chi connectivity index (χ2n) is 7.66. The zero-order chi connectivity index (χ0) is 23.0. The Morgan fingerprint density at radius 2 is 1.84 bits per heavy atom. The maximum absolute atomic E-state index is 14.0. The van der Waals surface area contributed by atoms with Gasteiger partial charge in [-0.1, -0.05) is 55.2 Å². The summed E-state index contributed by atoms with van der Waals surface area (Å²) in [5.74, 6) is -0.182. The van der Waals surface area contributed by atoms with Gasteiger partial charge in [-0.05, 0) is 42.7 Å². The van der Waals surface area contributed by atoms with Crippen LogP contribution in [0.5, 0.6) is 0 Å². The number of carbonyl (C=O) groups is 2. The lowest BCUT2D eigenvalue weighted by atomic mass is 10.1. The van der Waals surface area contributed by atoms with Crippen LogP contribution in [0, 0.1) is 11.7 Å². The number of hydrogen-bond acceptors (Lipinski definition) is 3. The molecular weight excluding hydrogens is 458 g/mol. The average Bonchev–Trinajstić information content (AvgIpc) is 2.71. The Morgan fingerprint density at radius 3 is 2.48 bits per heavy atom. The number of amides is 2. The van der Waals surface area contributed by atoms with Crippen LogP contribution in [-0.4, -0.2) is 35.1 Å². The van der Waals surface area contributed by atoms with Crippen molar-refractivity contribution in [3.05, 3.63) is 69.5 Å². The highest BCUT2D eigenvalue weighted by molar-refractivity contribution is 7.99. The van der Waals surface area contributed by atoms with Crippen molar-refractivity contribution < 1.29 is 14.0 Å². The van der Waals surface area contributed by atoms with Crippen molar-refractivity contribution in [1.29, 1.82) is 0 Å². The molecule has 31 heavy (non-hydrogen) atoms. The van der Waals surface area contributed by atoms with Crippen molar-refractivity contribution in [3.8, 4) is 0 Å². The lowest BCUT2D eigenvalue weighted by molar-refractivity contribution is -0.138. The fourth-order valence-electron chi connectivity index (χ4n) is 2.86. The van der Waals surface area contributed by atoms with E-state index >= 15 is 0 Å². The van der Waals surface area contributed by atoms with E-state index in [2.05, 4.69) is 5.32 Å². The smallest absolute Gasteiger partial charge is 0.242 e. The third-order valence-electron chi connectivity index (χ3n) is 4.63. The second-order valence-corrected chi connectivity index (χ2v) is 9.49. The van der Waals surface area contributed by atoms with Crippen LogP contribution >= 0.6 is 35.0 Å². The van der Waals surface area contributed by atoms with E-state index in [1.807, 2.05) is 19.9 Å². The van der Waals surface area contributed by atoms with Crippen molar-refractivity contribution >= 4 is 46.8 Å². The molecule has 1 N–H and O–H groups in total. The first-order valence-electron chi connectivity index (χ1n) is 10.0. The van der Waals surface area contributed by atoms with E-state index in [1.54, 1.807) is 37.3 Å². The maximum atomic E-state index is 14.0. The minimum absolute atomic E-state index is 0.0903. The van der Waals surface area contributed by atoms with Crippen LogP contribution in [0.4, 0.5) is 4.39 Å². The molecule has 1 atom stereocenters. The maximum Gasteiger partial charge on any atom is 0.242 e. The van der Waals surface area contributed by atoms with Gasteiger partial charge in [-0.3, -0.25) is 9.59 Å². The van der Waals surface area contributed by atoms with E-state index in [4.69, 9.17) is 23.2 Å². The number of halogens is 3. The Kier molecular flexibility index (Phi) is 10.1. The summed E-state index contributed by atoms with van der Waals surface area (Å²) in [6.07, 6.45) is 0. The first kappa shape index (κ1) is 25.5. The van der Waals surface area contributed by atoms with Crippen molar-refractivity contribution in [3.63, 3.8) is 0 Å². The van der Waals surface area contributed by atoms with Gasteiger partial charge in [0.15, 0.2) is 0 Å². The Bertz CT molecular complexity index is 891. The molecule has 2 aromatic carbocycles. The summed E-state index contributed by atoms with van der Waals surface area (Å²) < 4.78 is 14.0. The van der Waals surface area contributed by atoms with Gasteiger partial charge >= 0.3 is 0 Å². The van der Waals surface area contributed by atoms with E-state index in [9.17, 15) is 14.0 Å². The van der Waals surface area contributed by atoms with Crippen LogP contribution in [0.25, 0.3) is 0 Å². The fourth-order valence-corrected chi connectivity index (χ4v) is 4.32. The number of benzene rings is 2. The molecule has 0 aromatic heterocycles. The number of rotatable bonds is 10. The van der Waals surface area contributed by atoms with E-state index in [-0.39, 0.29) is 29.9 Å². The van der Waals surface area contributed by atoms with Gasteiger partial charge in [0.2, 0.25) is 11.8 Å². The predicted octanol–water partition coefficient (Wildman–Crippen LogP) is 5.56. The van der Waals surface area contributed by atoms with Gasteiger partial charge in [0.1, 0.15) is 11.9 Å². The number of hydrogen-bond donors (Lipinski definition) is 1. The summed E-state index contributed by atoms with van der Waals surface area (Å²) in [5.41, 5.74) is 1.19. The highest BCUT2D eigenvalue weighted by Gasteiger charge is 2.26. The molecule has 0 bridgehead atoms. The molecule has 0 saturated heterocycles. The highest BCUT2D eigenvalue weighted by atomic mass is 35.5. The molecule has 0 radical (unpaired) electrons. The molecule has 0 heterocycles. The molecule has 0 saturated carbocycles. The lowest BCUT2D eigenvalue weighted by Crippen LogP contribution is -2.48. The van der Waals surface area contributed by atoms with Crippen LogP contribution < -0.4 is 5.32 Å². The zero-order valence-electron chi connectivity index (χ0n) is 17.8. The molecule has 2 amide bonds. The molecular formula is C23H27Cl2FN2O2S. The Hall–Kier alpha value is -1.76. The second kappa shape index (κ2) is 12.3. The van der Waals surface area contributed by atoms with Crippen molar-refractivity contribution in [2.75, 3.05) is 12.3 Å². The lowest BCUT2D eigenvalue weighted by Gasteiger charge is -2.29. The number of nitrogens with zero attached hydrogens (tertiary/aromatic N) is 1. The summed E-state index contributed by atoms with van der Waals surface area (Å²) in [6.45, 7) is 6.49. The molecule has 4 nitrogen and oxygen atoms in total. The topological polar surface area (TPSA) is 49.4 Å². The molecule has 1 unspecified atom stereocenters. The fraction of sp³-hybridized carbons (Fsp3) is 0.391. The average molecular weight is 485 g/mol. The van der Waals surface area contributed by atoms with Gasteiger partial charge in [-0.2, -0.15) is 0 Å². The summed E-state index contributed by atoms with van der Waals surface area (Å²) in [5, 5.41) is 3.77. The van der Waals surface area contributed by atoms with E-state index in [0.717, 1.165) is 5.56 Å². The normalized spacial score (nSPS) is 12.0. The molecule has 168 valence electrons. The van der Waals surface area contributed by atoms with Gasteiger partial charge in [0.05, 0.1) is 5.75 Å². The first-order valence-corrected chi connectivity index (χ1v) is 11.9. The third kappa shape index (κ3) is 8.02. The molecule has 0 aliphatic rings. The standard InChI is InChI=1S/C23H27Cl2FN2O2S/c1-15(2)11-27-23(30)16(3)28(12-17-6-4-7-18(24)10-17)22(29)14-31-13-19-20(25)8-5-9-21(19)26/h4-10,15-16H,11-14H2,1-3H3,(H,27,30). The predicted molar refractivity (Wildman–Crippen MR) is 127 cm³/mol. The van der Waals surface area contributed by atoms with Gasteiger partial charge in [0, 0.05) is 34.5 Å². The van der Waals surface area contributed by atoms with Gasteiger partial charge in [-0.15, -0.1) is 11.8 Å². The first-order chi connectivity index (χ1) is 14.7. The Morgan fingerprint density at radius 1 is 1.13 bits per heavy atom. The van der Waals surface area contributed by atoms with E-state index in [1.165, 1.54) is 22.7 Å². The Balaban J connectivity index is 2.10. The Labute approximate surface area is 197 Å². The molecule has 0 fully saturated rings. The number of carbonyl (C=O) groups excluding carboxylic acids is 2. The van der Waals surface area contributed by atoms with Gasteiger partial charge in [-0.25, -0.2) is 4.39 Å². The van der Waals surface area contributed by atoms with Crippen molar-refractivity contribution in [2.45, 2.75) is 39.1 Å². The van der Waals surface area contributed by atoms with Crippen LogP contribution in [0.15, 0.2) is 42.5 Å². The highest BCUT2D eigenvalue weighted by Crippen LogP contribution is 2.24. The summed E-state index contributed by atoms with van der Waals surface area (Å²) >= 11 is 13.4. The molecule has 2 rings (SSSR count). The third-order valence-corrected chi connectivity index (χ3v) is 6.16. The van der Waals surface area contributed by atoms with Crippen LogP contribution in [0.1, 0.15) is 31.9 Å². The largest absolute Gasteiger partial charge is 0.354 e. The minimum atomic E-state index is -0.664. The monoisotopic (exact) mass is 484 g/mol. The molecule has 0 spiro atoms. The van der Waals surface area contributed by atoms with Crippen LogP contribution in [0.2, 0.25) is 10.0 Å². The van der Waals surface area contributed by atoms with Gasteiger partial charge < -0.3 is 10.2 Å². The van der Waals surface area contributed by atoms with Crippen molar-refractivity contribution in [1.82, 2.24) is 10.2 Å².